The van der Waals surface area contributed by atoms with Gasteiger partial charge in [-0.1, -0.05) is 6.92 Å². The van der Waals surface area contributed by atoms with Gasteiger partial charge in [-0.2, -0.15) is 18.3 Å². The van der Waals surface area contributed by atoms with Crippen molar-refractivity contribution in [3.8, 4) is 0 Å². The van der Waals surface area contributed by atoms with Crippen molar-refractivity contribution in [2.45, 2.75) is 65.8 Å². The molecule has 12 heteroatoms. The quantitative estimate of drug-likeness (QED) is 0.488. The summed E-state index contributed by atoms with van der Waals surface area (Å²) in [5.74, 6) is 1.98. The van der Waals surface area contributed by atoms with Crippen molar-refractivity contribution in [3.63, 3.8) is 0 Å². The minimum absolute atomic E-state index is 0.0497. The SMILES string of the molecule is CCc1ncc(N2CCc3c(C(F)(F)F)ccc(N4CCN(C(=O)Cn5nc(C)nc5C)[C@H](C)C4)c3C2)cn1. The normalized spacial score (nSPS) is 17.9. The molecule has 5 rings (SSSR count). The lowest BCUT2D eigenvalue weighted by molar-refractivity contribution is -0.138. The number of carbonyl (C=O) groups is 1. The number of aromatic nitrogens is 5. The summed E-state index contributed by atoms with van der Waals surface area (Å²) in [5.41, 5.74) is 2.04. The predicted molar refractivity (Wildman–Crippen MR) is 140 cm³/mol. The van der Waals surface area contributed by atoms with Crippen LogP contribution in [0.5, 0.6) is 0 Å². The first-order valence-corrected chi connectivity index (χ1v) is 13.3. The van der Waals surface area contributed by atoms with Gasteiger partial charge in [-0.3, -0.25) is 4.79 Å². The lowest BCUT2D eigenvalue weighted by atomic mass is 9.91. The van der Waals surface area contributed by atoms with Crippen LogP contribution in [0.4, 0.5) is 24.5 Å². The van der Waals surface area contributed by atoms with Gasteiger partial charge in [0.1, 0.15) is 24.0 Å². The minimum atomic E-state index is -4.42. The summed E-state index contributed by atoms with van der Waals surface area (Å²) in [4.78, 5) is 32.1. The van der Waals surface area contributed by atoms with E-state index >= 15 is 0 Å². The number of fused-ring (bicyclic) bond motifs is 1. The number of piperazine rings is 1. The molecular formula is C27H33F3N8O. The van der Waals surface area contributed by atoms with Gasteiger partial charge in [0.15, 0.2) is 0 Å². The molecule has 0 unspecified atom stereocenters. The fourth-order valence-corrected chi connectivity index (χ4v) is 5.61. The van der Waals surface area contributed by atoms with Gasteiger partial charge in [0.25, 0.3) is 0 Å². The monoisotopic (exact) mass is 542 g/mol. The minimum Gasteiger partial charge on any atom is -0.367 e. The van der Waals surface area contributed by atoms with E-state index in [2.05, 4.69) is 25.0 Å². The van der Waals surface area contributed by atoms with Gasteiger partial charge in [0.2, 0.25) is 5.91 Å². The predicted octanol–water partition coefficient (Wildman–Crippen LogP) is 3.57. The smallest absolute Gasteiger partial charge is 0.367 e. The van der Waals surface area contributed by atoms with Crippen LogP contribution in [-0.4, -0.2) is 67.8 Å². The van der Waals surface area contributed by atoms with Crippen LogP contribution in [0.15, 0.2) is 24.5 Å². The molecule has 2 aliphatic rings. The maximum atomic E-state index is 14.0. The van der Waals surface area contributed by atoms with E-state index in [0.29, 0.717) is 61.9 Å². The fraction of sp³-hybridized carbons (Fsp3) is 0.519. The number of hydrogen-bond acceptors (Lipinski definition) is 7. The van der Waals surface area contributed by atoms with E-state index in [4.69, 9.17) is 0 Å². The number of alkyl halides is 3. The van der Waals surface area contributed by atoms with E-state index < -0.39 is 11.7 Å². The lowest BCUT2D eigenvalue weighted by Crippen LogP contribution is -2.55. The van der Waals surface area contributed by atoms with Crippen molar-refractivity contribution in [2.24, 2.45) is 0 Å². The van der Waals surface area contributed by atoms with Crippen molar-refractivity contribution in [2.75, 3.05) is 36.0 Å². The average Bonchev–Trinajstić information content (AvgIpc) is 3.22. The number of nitrogens with zero attached hydrogens (tertiary/aromatic N) is 8. The highest BCUT2D eigenvalue weighted by Crippen LogP contribution is 2.40. The third-order valence-electron chi connectivity index (χ3n) is 7.60. The van der Waals surface area contributed by atoms with Crippen LogP contribution in [-0.2, 0) is 36.9 Å². The van der Waals surface area contributed by atoms with Crippen LogP contribution >= 0.6 is 0 Å². The maximum Gasteiger partial charge on any atom is 0.416 e. The van der Waals surface area contributed by atoms with Crippen molar-refractivity contribution < 1.29 is 18.0 Å². The molecule has 3 aromatic rings. The molecule has 0 aliphatic carbocycles. The van der Waals surface area contributed by atoms with Gasteiger partial charge >= 0.3 is 6.18 Å². The highest BCUT2D eigenvalue weighted by atomic mass is 19.4. The molecule has 208 valence electrons. The van der Waals surface area contributed by atoms with Gasteiger partial charge in [-0.05, 0) is 50.5 Å². The molecule has 9 nitrogen and oxygen atoms in total. The number of halogens is 3. The summed E-state index contributed by atoms with van der Waals surface area (Å²) >= 11 is 0. The Morgan fingerprint density at radius 1 is 1.05 bits per heavy atom. The second-order valence-electron chi connectivity index (χ2n) is 10.2. The Hall–Kier alpha value is -3.70. The first-order chi connectivity index (χ1) is 18.5. The third kappa shape index (κ3) is 5.41. The highest BCUT2D eigenvalue weighted by molar-refractivity contribution is 5.77. The average molecular weight is 543 g/mol. The molecule has 0 saturated carbocycles. The molecule has 2 aliphatic heterocycles. The van der Waals surface area contributed by atoms with Gasteiger partial charge in [0, 0.05) is 50.9 Å². The molecule has 0 spiro atoms. The largest absolute Gasteiger partial charge is 0.416 e. The van der Waals surface area contributed by atoms with E-state index in [0.717, 1.165) is 17.2 Å². The molecule has 1 fully saturated rings. The van der Waals surface area contributed by atoms with Crippen LogP contribution in [0.25, 0.3) is 0 Å². The maximum absolute atomic E-state index is 14.0. The summed E-state index contributed by atoms with van der Waals surface area (Å²) in [6.45, 7) is 9.96. The number of benzene rings is 1. The van der Waals surface area contributed by atoms with Crippen LogP contribution in [0.2, 0.25) is 0 Å². The Morgan fingerprint density at radius 2 is 1.79 bits per heavy atom. The van der Waals surface area contributed by atoms with Crippen molar-refractivity contribution in [3.05, 3.63) is 58.7 Å². The molecule has 1 amide bonds. The Morgan fingerprint density at radius 3 is 2.41 bits per heavy atom. The first kappa shape index (κ1) is 26.9. The molecule has 1 saturated heterocycles. The molecule has 0 N–H and O–H groups in total. The Balaban J connectivity index is 1.39. The summed E-state index contributed by atoms with van der Waals surface area (Å²) in [6, 6.07) is 2.68. The molecule has 39 heavy (non-hydrogen) atoms. The number of anilines is 2. The van der Waals surface area contributed by atoms with Crippen molar-refractivity contribution in [1.82, 2.24) is 29.6 Å². The number of aryl methyl sites for hydroxylation is 3. The molecule has 2 aromatic heterocycles. The van der Waals surface area contributed by atoms with E-state index in [9.17, 15) is 18.0 Å². The van der Waals surface area contributed by atoms with Crippen LogP contribution in [0.1, 0.15) is 48.0 Å². The fourth-order valence-electron chi connectivity index (χ4n) is 5.61. The third-order valence-corrected chi connectivity index (χ3v) is 7.60. The van der Waals surface area contributed by atoms with E-state index in [-0.39, 0.29) is 24.9 Å². The molecule has 1 aromatic carbocycles. The van der Waals surface area contributed by atoms with E-state index in [1.807, 2.05) is 30.6 Å². The first-order valence-electron chi connectivity index (χ1n) is 13.3. The molecular weight excluding hydrogens is 509 g/mol. The summed E-state index contributed by atoms with van der Waals surface area (Å²) in [6.07, 6.45) is 0.0574. The van der Waals surface area contributed by atoms with Crippen LogP contribution < -0.4 is 9.80 Å². The molecule has 0 bridgehead atoms. The van der Waals surface area contributed by atoms with Crippen LogP contribution in [0, 0.1) is 13.8 Å². The lowest BCUT2D eigenvalue weighted by Gasteiger charge is -2.43. The van der Waals surface area contributed by atoms with Crippen molar-refractivity contribution >= 4 is 17.3 Å². The van der Waals surface area contributed by atoms with Gasteiger partial charge in [-0.15, -0.1) is 0 Å². The number of amides is 1. The molecule has 0 radical (unpaired) electrons. The summed E-state index contributed by atoms with van der Waals surface area (Å²) < 4.78 is 43.5. The zero-order chi connectivity index (χ0) is 27.9. The Kier molecular flexibility index (Phi) is 7.21. The van der Waals surface area contributed by atoms with E-state index in [1.165, 1.54) is 6.07 Å². The van der Waals surface area contributed by atoms with E-state index in [1.54, 1.807) is 30.1 Å². The molecule has 4 heterocycles. The van der Waals surface area contributed by atoms with Gasteiger partial charge in [-0.25, -0.2) is 19.6 Å². The van der Waals surface area contributed by atoms with Crippen molar-refractivity contribution in [1.29, 1.82) is 0 Å². The zero-order valence-corrected chi connectivity index (χ0v) is 22.7. The second-order valence-corrected chi connectivity index (χ2v) is 10.2. The standard InChI is InChI=1S/C27H33F3N8O/c1-5-25-31-12-20(13-32-25)35-9-8-21-22(15-35)24(7-6-23(21)27(28,29)30)36-10-11-37(17(2)14-36)26(39)16-38-19(4)33-18(3)34-38/h6-7,12-13,17H,5,8-11,14-16H2,1-4H3/t17-/m1/s1. The highest BCUT2D eigenvalue weighted by Gasteiger charge is 2.38. The summed E-state index contributed by atoms with van der Waals surface area (Å²) in [5, 5.41) is 4.29. The molecule has 1 atom stereocenters. The van der Waals surface area contributed by atoms with Crippen LogP contribution in [0.3, 0.4) is 0 Å². The Labute approximate surface area is 225 Å². The summed E-state index contributed by atoms with van der Waals surface area (Å²) in [7, 11) is 0. The number of hydrogen-bond donors (Lipinski definition) is 0. The number of rotatable bonds is 5. The topological polar surface area (TPSA) is 83.3 Å². The van der Waals surface area contributed by atoms with Gasteiger partial charge < -0.3 is 14.7 Å². The second kappa shape index (κ2) is 10.5. The zero-order valence-electron chi connectivity index (χ0n) is 22.7. The Bertz CT molecular complexity index is 1350. The number of carbonyl (C=O) groups excluding carboxylic acids is 1. The van der Waals surface area contributed by atoms with Gasteiger partial charge in [0.05, 0.1) is 23.6 Å².